The third-order valence-corrected chi connectivity index (χ3v) is 5.72. The van der Waals surface area contributed by atoms with Crippen LogP contribution in [-0.4, -0.2) is 48.1 Å². The van der Waals surface area contributed by atoms with Gasteiger partial charge >= 0.3 is 5.97 Å². The van der Waals surface area contributed by atoms with Crippen LogP contribution in [0.2, 0.25) is 0 Å². The van der Waals surface area contributed by atoms with E-state index in [0.29, 0.717) is 25.3 Å². The van der Waals surface area contributed by atoms with Crippen LogP contribution in [0.3, 0.4) is 0 Å². The molecule has 3 unspecified atom stereocenters. The number of nitrogens with zero attached hydrogens (tertiary/aromatic N) is 1. The fraction of sp³-hybridized carbons (Fsp3) is 0.875. The highest BCUT2D eigenvalue weighted by Gasteiger charge is 2.44. The van der Waals surface area contributed by atoms with Gasteiger partial charge in [-0.2, -0.15) is 0 Å². The second-order valence-electron chi connectivity index (χ2n) is 6.99. The van der Waals surface area contributed by atoms with Gasteiger partial charge in [0.15, 0.2) is 0 Å². The van der Waals surface area contributed by atoms with E-state index in [0.717, 1.165) is 19.3 Å². The summed E-state index contributed by atoms with van der Waals surface area (Å²) in [5, 5.41) is 12.4. The Morgan fingerprint density at radius 2 is 1.86 bits per heavy atom. The van der Waals surface area contributed by atoms with Crippen molar-refractivity contribution in [1.82, 2.24) is 10.2 Å². The third kappa shape index (κ3) is 3.23. The fourth-order valence-electron chi connectivity index (χ4n) is 3.79. The van der Waals surface area contributed by atoms with Crippen molar-refractivity contribution in [2.24, 2.45) is 17.8 Å². The molecule has 0 aliphatic heterocycles. The van der Waals surface area contributed by atoms with Gasteiger partial charge in [-0.05, 0) is 52.1 Å². The Morgan fingerprint density at radius 1 is 1.24 bits per heavy atom. The Hall–Kier alpha value is -1.10. The van der Waals surface area contributed by atoms with Crippen LogP contribution in [0.1, 0.15) is 45.4 Å². The minimum atomic E-state index is -0.822. The number of hydrogen-bond acceptors (Lipinski definition) is 3. The normalized spacial score (nSPS) is 31.0. The molecule has 5 nitrogen and oxygen atoms in total. The fourth-order valence-corrected chi connectivity index (χ4v) is 3.79. The van der Waals surface area contributed by atoms with Gasteiger partial charge in [0.1, 0.15) is 0 Å². The van der Waals surface area contributed by atoms with Gasteiger partial charge < -0.3 is 15.3 Å². The summed E-state index contributed by atoms with van der Waals surface area (Å²) in [4.78, 5) is 26.0. The van der Waals surface area contributed by atoms with Crippen molar-refractivity contribution in [1.29, 1.82) is 0 Å². The van der Waals surface area contributed by atoms with Gasteiger partial charge in [0.25, 0.3) is 0 Å². The second-order valence-corrected chi connectivity index (χ2v) is 6.99. The zero-order valence-corrected chi connectivity index (χ0v) is 13.4. The predicted octanol–water partition coefficient (Wildman–Crippen LogP) is 1.72. The first-order valence-electron chi connectivity index (χ1n) is 8.07. The molecule has 0 saturated heterocycles. The topological polar surface area (TPSA) is 69.6 Å². The maximum atomic E-state index is 12.4. The molecule has 3 atom stereocenters. The van der Waals surface area contributed by atoms with Crippen LogP contribution in [0, 0.1) is 17.8 Å². The maximum absolute atomic E-state index is 12.4. The van der Waals surface area contributed by atoms with E-state index in [1.807, 2.05) is 14.1 Å². The number of carboxylic acid groups (broad SMARTS) is 1. The Bertz CT molecular complexity index is 404. The quantitative estimate of drug-likeness (QED) is 0.783. The Labute approximate surface area is 127 Å². The number of carbonyl (C=O) groups excluding carboxylic acids is 1. The molecule has 2 aliphatic rings. The van der Waals surface area contributed by atoms with Crippen LogP contribution in [-0.2, 0) is 9.59 Å². The molecule has 2 fully saturated rings. The first-order valence-corrected chi connectivity index (χ1v) is 8.07. The van der Waals surface area contributed by atoms with Crippen molar-refractivity contribution in [3.63, 3.8) is 0 Å². The molecule has 0 bridgehead atoms. The van der Waals surface area contributed by atoms with E-state index in [2.05, 4.69) is 17.1 Å². The molecule has 0 aromatic heterocycles. The van der Waals surface area contributed by atoms with Gasteiger partial charge in [0.05, 0.1) is 11.8 Å². The van der Waals surface area contributed by atoms with Crippen molar-refractivity contribution in [3.05, 3.63) is 0 Å². The minimum absolute atomic E-state index is 0.0634. The molecule has 2 N–H and O–H groups in total. The number of likely N-dealkylation sites (N-methyl/N-ethyl adjacent to an activating group) is 1. The predicted molar refractivity (Wildman–Crippen MR) is 80.9 cm³/mol. The first-order chi connectivity index (χ1) is 9.89. The SMILES string of the molecule is CCC1CC(C(=O)O)C(C(=O)NCC2(N(C)C)CCC2)C1. The van der Waals surface area contributed by atoms with Crippen molar-refractivity contribution in [3.8, 4) is 0 Å². The number of amides is 1. The average molecular weight is 296 g/mol. The van der Waals surface area contributed by atoms with Gasteiger partial charge in [-0.25, -0.2) is 0 Å². The largest absolute Gasteiger partial charge is 0.481 e. The highest BCUT2D eigenvalue weighted by atomic mass is 16.4. The highest BCUT2D eigenvalue weighted by molar-refractivity contribution is 5.85. The number of hydrogen-bond donors (Lipinski definition) is 2. The van der Waals surface area contributed by atoms with Crippen molar-refractivity contribution >= 4 is 11.9 Å². The standard InChI is InChI=1S/C16H28N2O3/c1-4-11-8-12(13(9-11)15(20)21)14(19)17-10-16(18(2)3)6-5-7-16/h11-13H,4-10H2,1-3H3,(H,17,19)(H,20,21). The molecule has 2 rings (SSSR count). The average Bonchev–Trinajstić information content (AvgIpc) is 2.81. The number of aliphatic carboxylic acids is 1. The zero-order valence-electron chi connectivity index (χ0n) is 13.4. The van der Waals surface area contributed by atoms with Gasteiger partial charge in [-0.15, -0.1) is 0 Å². The number of carboxylic acids is 1. The molecule has 0 radical (unpaired) electrons. The molecule has 21 heavy (non-hydrogen) atoms. The summed E-state index contributed by atoms with van der Waals surface area (Å²) in [5.41, 5.74) is 0.0805. The van der Waals surface area contributed by atoms with E-state index in [-0.39, 0.29) is 17.4 Å². The smallest absolute Gasteiger partial charge is 0.307 e. The molecule has 120 valence electrons. The van der Waals surface area contributed by atoms with Gasteiger partial charge in [-0.3, -0.25) is 9.59 Å². The van der Waals surface area contributed by atoms with E-state index in [1.165, 1.54) is 6.42 Å². The molecular weight excluding hydrogens is 268 g/mol. The molecule has 2 aliphatic carbocycles. The van der Waals surface area contributed by atoms with E-state index in [9.17, 15) is 14.7 Å². The van der Waals surface area contributed by atoms with Crippen LogP contribution in [0.15, 0.2) is 0 Å². The van der Waals surface area contributed by atoms with E-state index < -0.39 is 11.9 Å². The number of rotatable bonds is 6. The highest BCUT2D eigenvalue weighted by Crippen LogP contribution is 2.39. The van der Waals surface area contributed by atoms with Gasteiger partial charge in [0.2, 0.25) is 5.91 Å². The molecule has 0 heterocycles. The van der Waals surface area contributed by atoms with E-state index in [4.69, 9.17) is 0 Å². The van der Waals surface area contributed by atoms with Crippen LogP contribution < -0.4 is 5.32 Å². The monoisotopic (exact) mass is 296 g/mol. The summed E-state index contributed by atoms with van der Waals surface area (Å²) in [6.45, 7) is 2.71. The van der Waals surface area contributed by atoms with E-state index >= 15 is 0 Å². The molecule has 0 aromatic rings. The summed E-state index contributed by atoms with van der Waals surface area (Å²) >= 11 is 0. The lowest BCUT2D eigenvalue weighted by molar-refractivity contribution is -0.146. The Morgan fingerprint density at radius 3 is 2.29 bits per heavy atom. The summed E-state index contributed by atoms with van der Waals surface area (Å²) in [6.07, 6.45) is 5.72. The number of carbonyl (C=O) groups is 2. The molecule has 1 amide bonds. The van der Waals surface area contributed by atoms with Crippen molar-refractivity contribution < 1.29 is 14.7 Å². The first kappa shape index (κ1) is 16.3. The van der Waals surface area contributed by atoms with E-state index in [1.54, 1.807) is 0 Å². The molecule has 0 aromatic carbocycles. The van der Waals surface area contributed by atoms with Crippen LogP contribution in [0.25, 0.3) is 0 Å². The maximum Gasteiger partial charge on any atom is 0.307 e. The molecule has 2 saturated carbocycles. The Kier molecular flexibility index (Phi) is 4.91. The lowest BCUT2D eigenvalue weighted by atomic mass is 9.75. The van der Waals surface area contributed by atoms with Crippen LogP contribution >= 0.6 is 0 Å². The lowest BCUT2D eigenvalue weighted by Gasteiger charge is -2.47. The number of nitrogens with one attached hydrogen (secondary N) is 1. The second kappa shape index (κ2) is 6.34. The molecular formula is C16H28N2O3. The summed E-state index contributed by atoms with van der Waals surface area (Å²) < 4.78 is 0. The minimum Gasteiger partial charge on any atom is -0.481 e. The van der Waals surface area contributed by atoms with Crippen molar-refractivity contribution in [2.45, 2.75) is 51.0 Å². The summed E-state index contributed by atoms with van der Waals surface area (Å²) in [7, 11) is 4.10. The Balaban J connectivity index is 1.94. The van der Waals surface area contributed by atoms with Gasteiger partial charge in [0, 0.05) is 12.1 Å². The third-order valence-electron chi connectivity index (χ3n) is 5.72. The van der Waals surface area contributed by atoms with Gasteiger partial charge in [-0.1, -0.05) is 13.3 Å². The lowest BCUT2D eigenvalue weighted by Crippen LogP contribution is -2.57. The zero-order chi connectivity index (χ0) is 15.6. The summed E-state index contributed by atoms with van der Waals surface area (Å²) in [5.74, 6) is -1.38. The summed E-state index contributed by atoms with van der Waals surface area (Å²) in [6, 6.07) is 0. The van der Waals surface area contributed by atoms with Crippen LogP contribution in [0.4, 0.5) is 0 Å². The molecule has 0 spiro atoms. The van der Waals surface area contributed by atoms with Crippen molar-refractivity contribution in [2.75, 3.05) is 20.6 Å². The molecule has 5 heteroatoms. The van der Waals surface area contributed by atoms with Crippen LogP contribution in [0.5, 0.6) is 0 Å².